The fourth-order valence-corrected chi connectivity index (χ4v) is 0.915. The molecule has 3 atom stereocenters. The average molecular weight is 218 g/mol. The van der Waals surface area contributed by atoms with Crippen molar-refractivity contribution in [1.29, 1.82) is 0 Å². The van der Waals surface area contributed by atoms with Gasteiger partial charge in [-0.3, -0.25) is 4.79 Å². The third-order valence-corrected chi connectivity index (χ3v) is 2.31. The van der Waals surface area contributed by atoms with Gasteiger partial charge >= 0.3 is 5.97 Å². The number of aliphatic carboxylic acids is 1. The van der Waals surface area contributed by atoms with Crippen LogP contribution in [0, 0.1) is 5.92 Å². The maximum Gasteiger partial charge on any atom is 0.334 e. The largest absolute Gasteiger partial charge is 0.479 e. The minimum Gasteiger partial charge on any atom is -0.479 e. The average Bonchev–Trinajstić information content (AvgIpc) is 2.22. The molecule has 1 unspecified atom stereocenters. The number of carboxylic acids is 1. The summed E-state index contributed by atoms with van der Waals surface area (Å²) in [5.74, 6) is -1.79. The monoisotopic (exact) mass is 218 g/mol. The first-order valence-corrected chi connectivity index (χ1v) is 4.84. The normalized spacial score (nSPS) is 16.5. The smallest absolute Gasteiger partial charge is 0.334 e. The number of nitrogens with two attached hydrogens (primary N) is 1. The number of carbonyl (C=O) groups is 2. The third kappa shape index (κ3) is 4.75. The lowest BCUT2D eigenvalue weighted by Crippen LogP contribution is -2.47. The van der Waals surface area contributed by atoms with E-state index in [9.17, 15) is 9.59 Å². The van der Waals surface area contributed by atoms with E-state index in [1.807, 2.05) is 13.8 Å². The van der Waals surface area contributed by atoms with Crippen molar-refractivity contribution in [2.45, 2.75) is 32.4 Å². The Morgan fingerprint density at radius 3 is 2.40 bits per heavy atom. The summed E-state index contributed by atoms with van der Waals surface area (Å²) in [5, 5.41) is 19.5. The molecule has 0 rings (SSSR count). The van der Waals surface area contributed by atoms with Crippen LogP contribution in [0.4, 0.5) is 0 Å². The number of aliphatic hydroxyl groups is 1. The van der Waals surface area contributed by atoms with Gasteiger partial charge in [0.1, 0.15) is 0 Å². The van der Waals surface area contributed by atoms with Crippen LogP contribution in [-0.2, 0) is 9.59 Å². The summed E-state index contributed by atoms with van der Waals surface area (Å²) in [4.78, 5) is 21.6. The maximum absolute atomic E-state index is 11.3. The maximum atomic E-state index is 11.3. The minimum atomic E-state index is -1.59. The van der Waals surface area contributed by atoms with Crippen molar-refractivity contribution in [3.8, 4) is 0 Å². The molecule has 15 heavy (non-hydrogen) atoms. The lowest BCUT2D eigenvalue weighted by molar-refractivity contribution is -0.146. The predicted octanol–water partition coefficient (Wildman–Crippen LogP) is -1.08. The van der Waals surface area contributed by atoms with E-state index >= 15 is 0 Å². The Kier molecular flexibility index (Phi) is 5.88. The summed E-state index contributed by atoms with van der Waals surface area (Å²) in [6.45, 7) is 3.42. The van der Waals surface area contributed by atoms with Crippen LogP contribution in [0.1, 0.15) is 20.3 Å². The molecule has 0 aliphatic carbocycles. The number of aliphatic hydroxyl groups excluding tert-OH is 1. The van der Waals surface area contributed by atoms with Gasteiger partial charge in [-0.1, -0.05) is 20.3 Å². The zero-order valence-corrected chi connectivity index (χ0v) is 8.93. The van der Waals surface area contributed by atoms with Gasteiger partial charge < -0.3 is 21.3 Å². The molecule has 6 heteroatoms. The number of hydrogen-bond acceptors (Lipinski definition) is 4. The molecule has 5 N–H and O–H groups in total. The van der Waals surface area contributed by atoms with Crippen molar-refractivity contribution in [1.82, 2.24) is 5.32 Å². The Bertz CT molecular complexity index is 232. The highest BCUT2D eigenvalue weighted by molar-refractivity contribution is 5.82. The van der Waals surface area contributed by atoms with Gasteiger partial charge in [0, 0.05) is 0 Å². The first kappa shape index (κ1) is 13.9. The number of nitrogens with one attached hydrogen (secondary N) is 1. The fraction of sp³-hybridized carbons (Fsp3) is 0.778. The van der Waals surface area contributed by atoms with E-state index in [1.54, 1.807) is 0 Å². The molecule has 1 amide bonds. The summed E-state index contributed by atoms with van der Waals surface area (Å²) < 4.78 is 0. The summed E-state index contributed by atoms with van der Waals surface area (Å²) in [6, 6.07) is -0.670. The summed E-state index contributed by atoms with van der Waals surface area (Å²) in [7, 11) is 0. The lowest BCUT2D eigenvalue weighted by Gasteiger charge is -2.18. The van der Waals surface area contributed by atoms with Gasteiger partial charge in [0.05, 0.1) is 12.6 Å². The van der Waals surface area contributed by atoms with Crippen LogP contribution in [0.25, 0.3) is 0 Å². The second-order valence-corrected chi connectivity index (χ2v) is 3.51. The second-order valence-electron chi connectivity index (χ2n) is 3.51. The summed E-state index contributed by atoms with van der Waals surface area (Å²) in [6.07, 6.45) is -0.825. The van der Waals surface area contributed by atoms with Crippen LogP contribution in [0.2, 0.25) is 0 Å². The molecule has 0 aliphatic heterocycles. The Balaban J connectivity index is 3.98. The third-order valence-electron chi connectivity index (χ3n) is 2.31. The molecule has 0 aromatic heterocycles. The topological polar surface area (TPSA) is 113 Å². The molecule has 0 heterocycles. The first-order chi connectivity index (χ1) is 6.90. The molecular formula is C9H18N2O4. The van der Waals surface area contributed by atoms with Gasteiger partial charge in [-0.25, -0.2) is 4.79 Å². The van der Waals surface area contributed by atoms with E-state index in [0.29, 0.717) is 0 Å². The zero-order chi connectivity index (χ0) is 12.0. The van der Waals surface area contributed by atoms with E-state index < -0.39 is 24.0 Å². The second kappa shape index (κ2) is 6.36. The highest BCUT2D eigenvalue weighted by Gasteiger charge is 2.21. The molecule has 0 saturated heterocycles. The molecule has 0 radical (unpaired) electrons. The van der Waals surface area contributed by atoms with Crippen LogP contribution in [0.3, 0.4) is 0 Å². The van der Waals surface area contributed by atoms with E-state index in [-0.39, 0.29) is 12.5 Å². The van der Waals surface area contributed by atoms with Crippen molar-refractivity contribution in [2.75, 3.05) is 6.54 Å². The van der Waals surface area contributed by atoms with Gasteiger partial charge in [-0.05, 0) is 5.92 Å². The van der Waals surface area contributed by atoms with Crippen LogP contribution in [-0.4, -0.2) is 40.8 Å². The Hall–Kier alpha value is -1.14. The molecule has 0 spiro atoms. The highest BCUT2D eigenvalue weighted by atomic mass is 16.4. The number of hydrogen-bond donors (Lipinski definition) is 4. The number of rotatable bonds is 6. The fourth-order valence-electron chi connectivity index (χ4n) is 0.915. The van der Waals surface area contributed by atoms with Gasteiger partial charge in [-0.15, -0.1) is 0 Å². The van der Waals surface area contributed by atoms with Crippen LogP contribution in [0.15, 0.2) is 0 Å². The van der Waals surface area contributed by atoms with Gasteiger partial charge in [0.25, 0.3) is 0 Å². The van der Waals surface area contributed by atoms with E-state index in [0.717, 1.165) is 6.42 Å². The van der Waals surface area contributed by atoms with Crippen LogP contribution >= 0.6 is 0 Å². The highest BCUT2D eigenvalue weighted by Crippen LogP contribution is 2.04. The van der Waals surface area contributed by atoms with Crippen molar-refractivity contribution in [2.24, 2.45) is 11.7 Å². The van der Waals surface area contributed by atoms with E-state index in [4.69, 9.17) is 15.9 Å². The predicted molar refractivity (Wildman–Crippen MR) is 54.1 cm³/mol. The molecule has 0 aromatic rings. The quantitative estimate of drug-likeness (QED) is 0.453. The number of amides is 1. The van der Waals surface area contributed by atoms with Gasteiger partial charge in [0.15, 0.2) is 6.10 Å². The molecule has 0 fully saturated rings. The minimum absolute atomic E-state index is 0.0203. The molecule has 0 aliphatic rings. The number of carboxylic acid groups (broad SMARTS) is 1. The van der Waals surface area contributed by atoms with Crippen molar-refractivity contribution >= 4 is 11.9 Å². The zero-order valence-electron chi connectivity index (χ0n) is 8.93. The van der Waals surface area contributed by atoms with Crippen LogP contribution in [0.5, 0.6) is 0 Å². The van der Waals surface area contributed by atoms with Crippen molar-refractivity contribution < 1.29 is 19.8 Å². The summed E-state index contributed by atoms with van der Waals surface area (Å²) in [5.41, 5.74) is 5.59. The SMILES string of the molecule is CCC(C)[C@H](N)C(=O)NC[C@H](O)C(=O)O. The standard InChI is InChI=1S/C9H18N2O4/c1-3-5(2)7(10)8(13)11-4-6(12)9(14)15/h5-7,12H,3-4,10H2,1-2H3,(H,11,13)(H,14,15)/t5?,6-,7-/m0/s1. The molecule has 0 bridgehead atoms. The van der Waals surface area contributed by atoms with Gasteiger partial charge in [-0.2, -0.15) is 0 Å². The van der Waals surface area contributed by atoms with Gasteiger partial charge in [0.2, 0.25) is 5.91 Å². The van der Waals surface area contributed by atoms with Crippen molar-refractivity contribution in [3.63, 3.8) is 0 Å². The molecule has 88 valence electrons. The van der Waals surface area contributed by atoms with E-state index in [1.165, 1.54) is 0 Å². The first-order valence-electron chi connectivity index (χ1n) is 4.84. The molecule has 0 aromatic carbocycles. The Morgan fingerprint density at radius 1 is 1.47 bits per heavy atom. The van der Waals surface area contributed by atoms with E-state index in [2.05, 4.69) is 5.32 Å². The number of carbonyl (C=O) groups excluding carboxylic acids is 1. The van der Waals surface area contributed by atoms with Crippen molar-refractivity contribution in [3.05, 3.63) is 0 Å². The summed E-state index contributed by atoms with van der Waals surface area (Å²) >= 11 is 0. The molecular weight excluding hydrogens is 200 g/mol. The Morgan fingerprint density at radius 2 is 2.00 bits per heavy atom. The molecule has 6 nitrogen and oxygen atoms in total. The van der Waals surface area contributed by atoms with Crippen LogP contribution < -0.4 is 11.1 Å². The molecule has 0 saturated carbocycles. The lowest BCUT2D eigenvalue weighted by atomic mass is 9.99. The Labute approximate surface area is 88.5 Å².